The molecule has 10 heteroatoms. The van der Waals surface area contributed by atoms with Gasteiger partial charge in [-0.3, -0.25) is 9.36 Å². The Bertz CT molecular complexity index is 1000. The Morgan fingerprint density at radius 3 is 2.11 bits per heavy atom. The lowest BCUT2D eigenvalue weighted by Crippen LogP contribution is -2.50. The summed E-state index contributed by atoms with van der Waals surface area (Å²) in [4.78, 5) is 17.8. The first-order valence-electron chi connectivity index (χ1n) is 12.9. The van der Waals surface area contributed by atoms with Crippen molar-refractivity contribution in [1.82, 2.24) is 19.1 Å². The Morgan fingerprint density at radius 2 is 1.59 bits per heavy atom. The zero-order valence-corrected chi connectivity index (χ0v) is 23.0. The molecule has 2 heterocycles. The number of morpholine rings is 1. The molecule has 0 N–H and O–H groups in total. The summed E-state index contributed by atoms with van der Waals surface area (Å²) >= 11 is 0. The highest BCUT2D eigenvalue weighted by Gasteiger charge is 2.38. The summed E-state index contributed by atoms with van der Waals surface area (Å²) < 4.78 is 29.5. The second-order valence-corrected chi connectivity index (χ2v) is 13.0. The molecule has 2 fully saturated rings. The maximum atomic E-state index is 14.0. The van der Waals surface area contributed by atoms with Crippen LogP contribution in [0.5, 0.6) is 0 Å². The summed E-state index contributed by atoms with van der Waals surface area (Å²) in [6.07, 6.45) is -0.0459. The standard InChI is InChI=1S/C27H38BN4O4P/c1-29(2)37(34,21-35-20-24-18-30(3)19-25(28)36-24)32-16-14-31(15-17-32)27(33)26(22-10-6-4-7-11-22)23-12-8-5-9-13-23/h4-13,24-26H,14-21H2,1-3H3. The van der Waals surface area contributed by atoms with Gasteiger partial charge in [-0.15, -0.1) is 0 Å². The predicted octanol–water partition coefficient (Wildman–Crippen LogP) is 2.52. The molecular weight excluding hydrogens is 486 g/mol. The Hall–Kier alpha value is -2.00. The number of nitrogens with zero attached hydrogens (tertiary/aromatic N) is 4. The van der Waals surface area contributed by atoms with E-state index in [1.54, 1.807) is 4.67 Å². The largest absolute Gasteiger partial charge is 0.380 e. The average Bonchev–Trinajstić information content (AvgIpc) is 2.89. The molecule has 3 atom stereocenters. The van der Waals surface area contributed by atoms with E-state index in [1.807, 2.05) is 91.4 Å². The molecular formula is C27H38BN4O4P. The Balaban J connectivity index is 1.38. The second kappa shape index (κ2) is 12.7. The van der Waals surface area contributed by atoms with Crippen LogP contribution in [0.1, 0.15) is 17.0 Å². The summed E-state index contributed by atoms with van der Waals surface area (Å²) in [7, 11) is 8.64. The van der Waals surface area contributed by atoms with Gasteiger partial charge in [-0.1, -0.05) is 60.7 Å². The number of benzene rings is 2. The molecule has 2 aromatic rings. The fraction of sp³-hybridized carbons (Fsp3) is 0.519. The van der Waals surface area contributed by atoms with Crippen LogP contribution in [0.3, 0.4) is 0 Å². The summed E-state index contributed by atoms with van der Waals surface area (Å²) in [5.41, 5.74) is 1.95. The van der Waals surface area contributed by atoms with Gasteiger partial charge in [-0.05, 0) is 32.3 Å². The summed E-state index contributed by atoms with van der Waals surface area (Å²) in [6, 6.07) is 19.5. The average molecular weight is 524 g/mol. The zero-order valence-electron chi connectivity index (χ0n) is 22.1. The molecule has 4 rings (SSSR count). The number of carbonyl (C=O) groups is 1. The highest BCUT2D eigenvalue weighted by Crippen LogP contribution is 2.51. The number of hydrogen-bond donors (Lipinski definition) is 0. The molecule has 3 unspecified atom stereocenters. The number of carbonyl (C=O) groups excluding carboxylic acids is 1. The quantitative estimate of drug-likeness (QED) is 0.369. The van der Waals surface area contributed by atoms with Crippen molar-refractivity contribution < 1.29 is 18.8 Å². The number of amides is 1. The van der Waals surface area contributed by atoms with Gasteiger partial charge in [-0.25, -0.2) is 9.34 Å². The van der Waals surface area contributed by atoms with E-state index in [0.29, 0.717) is 39.3 Å². The van der Waals surface area contributed by atoms with Crippen LogP contribution in [0.15, 0.2) is 60.7 Å². The van der Waals surface area contributed by atoms with Gasteiger partial charge in [0.25, 0.3) is 0 Å². The van der Waals surface area contributed by atoms with Gasteiger partial charge < -0.3 is 19.3 Å². The first kappa shape index (κ1) is 28.0. The van der Waals surface area contributed by atoms with E-state index in [4.69, 9.17) is 17.3 Å². The maximum Gasteiger partial charge on any atom is 0.241 e. The third-order valence-electron chi connectivity index (χ3n) is 7.08. The minimum Gasteiger partial charge on any atom is -0.380 e. The van der Waals surface area contributed by atoms with Crippen molar-refractivity contribution in [2.75, 3.05) is 73.4 Å². The molecule has 0 spiro atoms. The van der Waals surface area contributed by atoms with Crippen LogP contribution in [0.2, 0.25) is 0 Å². The first-order valence-corrected chi connectivity index (χ1v) is 14.7. The van der Waals surface area contributed by atoms with E-state index >= 15 is 0 Å². The molecule has 2 aromatic carbocycles. The van der Waals surface area contributed by atoms with Crippen LogP contribution in [0, 0.1) is 0 Å². The van der Waals surface area contributed by atoms with Gasteiger partial charge in [-0.2, -0.15) is 0 Å². The van der Waals surface area contributed by atoms with E-state index in [2.05, 4.69) is 4.90 Å². The van der Waals surface area contributed by atoms with E-state index in [0.717, 1.165) is 17.7 Å². The lowest BCUT2D eigenvalue weighted by atomic mass is 9.90. The summed E-state index contributed by atoms with van der Waals surface area (Å²) in [6.45, 7) is 3.82. The van der Waals surface area contributed by atoms with Crippen molar-refractivity contribution in [3.8, 4) is 0 Å². The molecule has 198 valence electrons. The molecule has 2 saturated heterocycles. The Kier molecular flexibility index (Phi) is 9.62. The third kappa shape index (κ3) is 6.91. The predicted molar refractivity (Wildman–Crippen MR) is 147 cm³/mol. The highest BCUT2D eigenvalue weighted by molar-refractivity contribution is 7.58. The van der Waals surface area contributed by atoms with Crippen molar-refractivity contribution in [3.63, 3.8) is 0 Å². The van der Waals surface area contributed by atoms with Crippen molar-refractivity contribution in [2.24, 2.45) is 0 Å². The number of hydrogen-bond acceptors (Lipinski definition) is 5. The monoisotopic (exact) mass is 524 g/mol. The van der Waals surface area contributed by atoms with E-state index in [1.165, 1.54) is 0 Å². The fourth-order valence-electron chi connectivity index (χ4n) is 5.09. The lowest BCUT2D eigenvalue weighted by molar-refractivity contribution is -0.133. The van der Waals surface area contributed by atoms with Gasteiger partial charge in [0, 0.05) is 45.3 Å². The first-order chi connectivity index (χ1) is 17.8. The van der Waals surface area contributed by atoms with Gasteiger partial charge in [0.15, 0.2) is 0 Å². The topological polar surface area (TPSA) is 65.6 Å². The van der Waals surface area contributed by atoms with Crippen molar-refractivity contribution >= 4 is 21.2 Å². The van der Waals surface area contributed by atoms with Gasteiger partial charge in [0.2, 0.25) is 13.4 Å². The van der Waals surface area contributed by atoms with Gasteiger partial charge in [0.05, 0.1) is 18.6 Å². The van der Waals surface area contributed by atoms with Gasteiger partial charge in [0.1, 0.15) is 14.2 Å². The molecule has 37 heavy (non-hydrogen) atoms. The fourth-order valence-corrected chi connectivity index (χ4v) is 7.14. The second-order valence-electron chi connectivity index (χ2n) is 10.1. The minimum absolute atomic E-state index is 0.0721. The van der Waals surface area contributed by atoms with Crippen LogP contribution < -0.4 is 0 Å². The van der Waals surface area contributed by atoms with Crippen molar-refractivity contribution in [2.45, 2.75) is 18.0 Å². The number of ether oxygens (including phenoxy) is 2. The van der Waals surface area contributed by atoms with Crippen LogP contribution in [-0.4, -0.2) is 118 Å². The molecule has 2 aliphatic heterocycles. The number of rotatable bonds is 9. The van der Waals surface area contributed by atoms with Gasteiger partial charge >= 0.3 is 0 Å². The molecule has 2 radical (unpaired) electrons. The van der Waals surface area contributed by atoms with E-state index < -0.39 is 7.44 Å². The SMILES string of the molecule is [B]C1CN(C)CC(COCP(=O)(N(C)C)N2CCN(C(=O)C(c3ccccc3)c3ccccc3)CC2)O1. The molecule has 2 aliphatic rings. The van der Waals surface area contributed by atoms with Crippen LogP contribution in [0.25, 0.3) is 0 Å². The molecule has 8 nitrogen and oxygen atoms in total. The molecule has 0 saturated carbocycles. The van der Waals surface area contributed by atoms with E-state index in [-0.39, 0.29) is 30.3 Å². The minimum atomic E-state index is -2.96. The Labute approximate surface area is 222 Å². The number of likely N-dealkylation sites (N-methyl/N-ethyl adjacent to an activating group) is 1. The molecule has 1 amide bonds. The van der Waals surface area contributed by atoms with Crippen molar-refractivity contribution in [1.29, 1.82) is 0 Å². The van der Waals surface area contributed by atoms with Crippen molar-refractivity contribution in [3.05, 3.63) is 71.8 Å². The highest BCUT2D eigenvalue weighted by atomic mass is 31.2. The van der Waals surface area contributed by atoms with Crippen LogP contribution >= 0.6 is 7.44 Å². The van der Waals surface area contributed by atoms with Crippen LogP contribution in [-0.2, 0) is 18.8 Å². The Morgan fingerprint density at radius 1 is 1.03 bits per heavy atom. The molecule has 0 bridgehead atoms. The molecule has 0 aromatic heterocycles. The number of piperazine rings is 1. The smallest absolute Gasteiger partial charge is 0.241 e. The zero-order chi connectivity index (χ0) is 26.4. The summed E-state index contributed by atoms with van der Waals surface area (Å²) in [5.74, 6) is -0.291. The van der Waals surface area contributed by atoms with E-state index in [9.17, 15) is 9.36 Å². The third-order valence-corrected chi connectivity index (χ3v) is 10.1. The summed E-state index contributed by atoms with van der Waals surface area (Å²) in [5, 5.41) is 0. The maximum absolute atomic E-state index is 14.0. The normalized spacial score (nSPS) is 23.3. The lowest BCUT2D eigenvalue weighted by Gasteiger charge is -2.42. The van der Waals surface area contributed by atoms with Crippen LogP contribution in [0.4, 0.5) is 0 Å². The molecule has 0 aliphatic carbocycles.